The van der Waals surface area contributed by atoms with E-state index in [2.05, 4.69) is 16.0 Å². The molecule has 8 N–H and O–H groups in total. The van der Waals surface area contributed by atoms with Crippen LogP contribution in [0.25, 0.3) is 0 Å². The molecule has 2 rings (SSSR count). The number of nitrogens with one attached hydrogen (secondary N) is 3. The third-order valence-corrected chi connectivity index (χ3v) is 10.9. The van der Waals surface area contributed by atoms with E-state index in [1.54, 1.807) is 0 Å². The van der Waals surface area contributed by atoms with Crippen LogP contribution in [-0.4, -0.2) is 108 Å². The predicted octanol–water partition coefficient (Wildman–Crippen LogP) is 0.299. The first-order valence-corrected chi connectivity index (χ1v) is 18.1. The molecular formula is C30H56N7O7S2+. The van der Waals surface area contributed by atoms with Gasteiger partial charge in [-0.15, -0.1) is 11.8 Å². The third-order valence-electron chi connectivity index (χ3n) is 8.45. The molecule has 1 heterocycles. The molecule has 1 aliphatic carbocycles. The van der Waals surface area contributed by atoms with Crippen molar-refractivity contribution in [3.05, 3.63) is 0 Å². The van der Waals surface area contributed by atoms with Crippen molar-refractivity contribution < 1.29 is 38.1 Å². The quantitative estimate of drug-likeness (QED) is 0.0573. The lowest BCUT2D eigenvalue weighted by molar-refractivity contribution is -0.657. The summed E-state index contributed by atoms with van der Waals surface area (Å²) in [6, 6.07) is -2.74. The van der Waals surface area contributed by atoms with E-state index in [0.717, 1.165) is 19.3 Å². The van der Waals surface area contributed by atoms with Crippen LogP contribution in [0.3, 0.4) is 0 Å². The first-order chi connectivity index (χ1) is 21.2. The molecule has 0 spiro atoms. The van der Waals surface area contributed by atoms with Crippen LogP contribution < -0.4 is 27.0 Å². The molecule has 0 aromatic rings. The van der Waals surface area contributed by atoms with Gasteiger partial charge in [-0.1, -0.05) is 48.0 Å². The average molecular weight is 691 g/mol. The van der Waals surface area contributed by atoms with Crippen LogP contribution in [0.4, 0.5) is 4.79 Å². The summed E-state index contributed by atoms with van der Waals surface area (Å²) in [6.45, 7) is 16.9. The molecule has 0 aromatic heterocycles. The molecule has 2 unspecified atom stereocenters. The van der Waals surface area contributed by atoms with Gasteiger partial charge in [-0.3, -0.25) is 23.7 Å². The molecule has 14 nitrogen and oxygen atoms in total. The highest BCUT2D eigenvalue weighted by atomic mass is 32.2. The number of hydrogen-bond donors (Lipinski definition) is 6. The minimum Gasteiger partial charge on any atom is -0.363 e. The summed E-state index contributed by atoms with van der Waals surface area (Å²) in [5, 5.41) is 9.57. The zero-order valence-corrected chi connectivity index (χ0v) is 30.2. The highest BCUT2D eigenvalue weighted by molar-refractivity contribution is 8.01. The summed E-state index contributed by atoms with van der Waals surface area (Å²) in [7, 11) is 0. The number of hydrogen-bond acceptors (Lipinski definition) is 7. The molecule has 5 amide bonds. The van der Waals surface area contributed by atoms with E-state index in [4.69, 9.17) is 5.73 Å². The van der Waals surface area contributed by atoms with Gasteiger partial charge in [0.25, 0.3) is 11.7 Å². The van der Waals surface area contributed by atoms with Gasteiger partial charge in [0.2, 0.25) is 23.1 Å². The SMILES string of the molecule is CC(C)N(CC[NH2+]C[C@@H](NC(=O)N[C@H](C(=O)N1CCC[C@H]1C(=O)NC(SC1CCC1)C(=O)C(N)=O)C(C)(C)C)C(C)(C)C)S(=O)O. The largest absolute Gasteiger partial charge is 0.363 e. The van der Waals surface area contributed by atoms with Gasteiger partial charge in [0.05, 0.1) is 25.7 Å². The number of quaternary nitrogens is 1. The maximum Gasteiger partial charge on any atom is 0.315 e. The van der Waals surface area contributed by atoms with Gasteiger partial charge in [-0.05, 0) is 50.4 Å². The Labute approximate surface area is 280 Å². The van der Waals surface area contributed by atoms with Crippen LogP contribution in [0.1, 0.15) is 87.5 Å². The number of likely N-dealkylation sites (tertiary alicyclic amines) is 1. The Hall–Kier alpha value is -2.27. The zero-order chi connectivity index (χ0) is 35.0. The Morgan fingerprint density at radius 3 is 2.11 bits per heavy atom. The smallest absolute Gasteiger partial charge is 0.315 e. The number of ketones is 1. The molecule has 5 atom stereocenters. The van der Waals surface area contributed by atoms with Crippen LogP contribution in [0.5, 0.6) is 0 Å². The lowest BCUT2D eigenvalue weighted by Gasteiger charge is -2.37. The van der Waals surface area contributed by atoms with Crippen LogP contribution in [0, 0.1) is 10.8 Å². The molecule has 1 aliphatic heterocycles. The summed E-state index contributed by atoms with van der Waals surface area (Å²) in [5.41, 5.74) is 4.22. The van der Waals surface area contributed by atoms with Gasteiger partial charge in [0.1, 0.15) is 17.5 Å². The van der Waals surface area contributed by atoms with Crippen molar-refractivity contribution in [3.63, 3.8) is 0 Å². The second-order valence-electron chi connectivity index (χ2n) is 14.6. The van der Waals surface area contributed by atoms with Crippen LogP contribution in [0.2, 0.25) is 0 Å². The van der Waals surface area contributed by atoms with Crippen molar-refractivity contribution in [3.8, 4) is 0 Å². The zero-order valence-electron chi connectivity index (χ0n) is 28.6. The Morgan fingerprint density at radius 1 is 1.00 bits per heavy atom. The number of nitrogens with two attached hydrogens (primary N) is 2. The Morgan fingerprint density at radius 2 is 1.63 bits per heavy atom. The van der Waals surface area contributed by atoms with E-state index in [1.807, 2.05) is 60.7 Å². The van der Waals surface area contributed by atoms with Crippen molar-refractivity contribution in [1.82, 2.24) is 25.2 Å². The first-order valence-electron chi connectivity index (χ1n) is 16.1. The van der Waals surface area contributed by atoms with Crippen molar-refractivity contribution in [2.45, 2.75) is 122 Å². The normalized spacial score (nSPS) is 20.1. The molecular weight excluding hydrogens is 635 g/mol. The Balaban J connectivity index is 2.10. The molecule has 2 fully saturated rings. The lowest BCUT2D eigenvalue weighted by atomic mass is 9.85. The van der Waals surface area contributed by atoms with E-state index in [-0.39, 0.29) is 22.7 Å². The molecule has 1 saturated heterocycles. The second-order valence-corrected chi connectivity index (χ2v) is 17.0. The highest BCUT2D eigenvalue weighted by Gasteiger charge is 2.43. The van der Waals surface area contributed by atoms with Gasteiger partial charge in [-0.25, -0.2) is 9.00 Å². The molecule has 0 bridgehead atoms. The van der Waals surface area contributed by atoms with Gasteiger partial charge >= 0.3 is 6.03 Å². The number of carbonyl (C=O) groups is 5. The molecule has 1 saturated carbocycles. The molecule has 0 aromatic carbocycles. The minimum atomic E-state index is -2.07. The molecule has 16 heteroatoms. The summed E-state index contributed by atoms with van der Waals surface area (Å²) < 4.78 is 22.6. The molecule has 0 radical (unpaired) electrons. The van der Waals surface area contributed by atoms with Crippen molar-refractivity contribution in [1.29, 1.82) is 0 Å². The number of primary amides is 1. The molecule has 264 valence electrons. The number of nitrogens with zero attached hydrogens (tertiary/aromatic N) is 2. The predicted molar refractivity (Wildman–Crippen MR) is 179 cm³/mol. The van der Waals surface area contributed by atoms with Crippen LogP contribution in [-0.2, 0) is 30.4 Å². The monoisotopic (exact) mass is 690 g/mol. The standard InChI is InChI=1S/C30H55N7O7S2/c1-18(2)37(46(43)44)16-14-32-17-21(29(3,4)5)33-28(42)34-23(30(6,7)8)27(41)36-15-10-13-20(36)25(40)35-26(22(38)24(31)39)45-19-11-9-12-19/h18-21,23,26,32H,9-17H2,1-8H3,(H2,31,39)(H,35,40)(H,43,44)(H2,33,34,42)/p+1/t20-,21+,23+,26?/m0/s1. The van der Waals surface area contributed by atoms with Crippen LogP contribution >= 0.6 is 11.8 Å². The van der Waals surface area contributed by atoms with E-state index in [1.165, 1.54) is 21.0 Å². The maximum atomic E-state index is 14.0. The first kappa shape index (κ1) is 39.9. The van der Waals surface area contributed by atoms with Crippen molar-refractivity contribution in [2.24, 2.45) is 16.6 Å². The van der Waals surface area contributed by atoms with Gasteiger partial charge in [0, 0.05) is 17.8 Å². The molecule has 46 heavy (non-hydrogen) atoms. The van der Waals surface area contributed by atoms with Crippen molar-refractivity contribution >= 4 is 52.6 Å². The average Bonchev–Trinajstić information content (AvgIpc) is 3.40. The number of urea groups is 1. The number of amides is 5. The van der Waals surface area contributed by atoms with Crippen LogP contribution in [0.15, 0.2) is 0 Å². The Bertz CT molecular complexity index is 1120. The number of thioether (sulfide) groups is 1. The minimum absolute atomic E-state index is 0.0972. The van der Waals surface area contributed by atoms with E-state index in [9.17, 15) is 32.7 Å². The topological polar surface area (TPSA) is 208 Å². The van der Waals surface area contributed by atoms with Gasteiger partial charge in [0.15, 0.2) is 0 Å². The lowest BCUT2D eigenvalue weighted by Crippen LogP contribution is -2.89. The number of rotatable bonds is 16. The fourth-order valence-corrected chi connectivity index (χ4v) is 7.35. The second kappa shape index (κ2) is 17.2. The fraction of sp³-hybridized carbons (Fsp3) is 0.833. The van der Waals surface area contributed by atoms with Gasteiger partial charge in [-0.2, -0.15) is 4.31 Å². The summed E-state index contributed by atoms with van der Waals surface area (Å²) in [6.07, 6.45) is 3.73. The summed E-state index contributed by atoms with van der Waals surface area (Å²) in [4.78, 5) is 66.4. The number of carbonyl (C=O) groups excluding carboxylic acids is 5. The van der Waals surface area contributed by atoms with E-state index >= 15 is 0 Å². The third kappa shape index (κ3) is 11.8. The summed E-state index contributed by atoms with van der Waals surface area (Å²) >= 11 is -0.850. The van der Waals surface area contributed by atoms with E-state index in [0.29, 0.717) is 39.0 Å². The van der Waals surface area contributed by atoms with E-state index < -0.39 is 63.7 Å². The maximum absolute atomic E-state index is 14.0. The van der Waals surface area contributed by atoms with Gasteiger partial charge < -0.3 is 31.9 Å². The summed E-state index contributed by atoms with van der Waals surface area (Å²) in [5.74, 6) is -2.93. The fourth-order valence-electron chi connectivity index (χ4n) is 5.31. The number of Topliss-reactive ketones (excluding diaryl/α,β-unsaturated/α-hetero) is 1. The highest BCUT2D eigenvalue weighted by Crippen LogP contribution is 2.34. The Kier molecular flexibility index (Phi) is 14.9. The van der Waals surface area contributed by atoms with Crippen molar-refractivity contribution in [2.75, 3.05) is 26.2 Å². The molecule has 2 aliphatic rings.